The lowest BCUT2D eigenvalue weighted by atomic mass is 10.0. The number of hydrogen-bond acceptors (Lipinski definition) is 4. The molecule has 0 saturated carbocycles. The van der Waals surface area contributed by atoms with Crippen molar-refractivity contribution in [2.75, 3.05) is 32.7 Å². The number of nitrogens with one attached hydrogen (secondary N) is 2. The monoisotopic (exact) mass is 402 g/mol. The highest BCUT2D eigenvalue weighted by Crippen LogP contribution is 2.12. The summed E-state index contributed by atoms with van der Waals surface area (Å²) in [5.41, 5.74) is 0. The molecule has 154 valence electrons. The molecule has 0 aromatic carbocycles. The van der Waals surface area contributed by atoms with Gasteiger partial charge < -0.3 is 20.0 Å². The normalized spacial score (nSPS) is 16.4. The number of rotatable bonds is 10. The van der Waals surface area contributed by atoms with Crippen LogP contribution in [0.3, 0.4) is 0 Å². The third-order valence-corrected chi connectivity index (χ3v) is 6.14. The van der Waals surface area contributed by atoms with Crippen LogP contribution in [-0.2, 0) is 12.8 Å². The van der Waals surface area contributed by atoms with Crippen LogP contribution in [0.25, 0.3) is 0 Å². The van der Waals surface area contributed by atoms with Crippen molar-refractivity contribution in [1.29, 1.82) is 0 Å². The Morgan fingerprint density at radius 2 is 2.14 bits per heavy atom. The summed E-state index contributed by atoms with van der Waals surface area (Å²) in [6.07, 6.45) is 8.56. The van der Waals surface area contributed by atoms with Crippen LogP contribution in [0, 0.1) is 0 Å². The van der Waals surface area contributed by atoms with Crippen LogP contribution in [0.15, 0.2) is 45.3 Å². The zero-order valence-electron chi connectivity index (χ0n) is 17.0. The number of likely N-dealkylation sites (tertiary alicyclic amines) is 1. The van der Waals surface area contributed by atoms with E-state index in [-0.39, 0.29) is 0 Å². The predicted octanol–water partition coefficient (Wildman–Crippen LogP) is 3.93. The molecule has 1 fully saturated rings. The van der Waals surface area contributed by atoms with Crippen molar-refractivity contribution in [3.63, 3.8) is 0 Å². The number of nitrogens with zero attached hydrogens (tertiary/aromatic N) is 2. The van der Waals surface area contributed by atoms with E-state index in [0.29, 0.717) is 6.04 Å². The molecule has 6 heteroatoms. The van der Waals surface area contributed by atoms with Gasteiger partial charge in [0, 0.05) is 49.9 Å². The molecular weight excluding hydrogens is 368 g/mol. The van der Waals surface area contributed by atoms with Gasteiger partial charge in [0.25, 0.3) is 0 Å². The van der Waals surface area contributed by atoms with Gasteiger partial charge in [-0.05, 0) is 49.4 Å². The van der Waals surface area contributed by atoms with Gasteiger partial charge in [-0.3, -0.25) is 4.99 Å². The van der Waals surface area contributed by atoms with Gasteiger partial charge in [-0.25, -0.2) is 0 Å². The molecule has 1 aliphatic heterocycles. The third-order valence-electron chi connectivity index (χ3n) is 5.21. The molecule has 5 nitrogen and oxygen atoms in total. The zero-order valence-corrected chi connectivity index (χ0v) is 17.8. The van der Waals surface area contributed by atoms with Crippen LogP contribution in [0.2, 0.25) is 0 Å². The summed E-state index contributed by atoms with van der Waals surface area (Å²) < 4.78 is 5.43. The first kappa shape index (κ1) is 20.9. The van der Waals surface area contributed by atoms with E-state index < -0.39 is 0 Å². The maximum absolute atomic E-state index is 5.43. The van der Waals surface area contributed by atoms with Crippen molar-refractivity contribution in [2.24, 2.45) is 4.99 Å². The largest absolute Gasteiger partial charge is 0.469 e. The number of guanidine groups is 1. The molecule has 0 bridgehead atoms. The fourth-order valence-electron chi connectivity index (χ4n) is 3.52. The summed E-state index contributed by atoms with van der Waals surface area (Å²) in [6, 6.07) is 8.76. The molecule has 2 N–H and O–H groups in total. The summed E-state index contributed by atoms with van der Waals surface area (Å²) in [5, 5.41) is 9.31. The van der Waals surface area contributed by atoms with E-state index in [1.807, 2.05) is 12.1 Å². The minimum atomic E-state index is 0.509. The minimum Gasteiger partial charge on any atom is -0.469 e. The first-order chi connectivity index (χ1) is 13.8. The standard InChI is InChI=1S/C22H34N4OS/c1-2-3-14-26-15-10-19(11-16-26)25-22(23-12-8-20-6-4-17-27-20)24-13-9-21-7-5-18-28-21/h4-7,17-19H,2-3,8-16H2,1H3,(H2,23,24,25). The summed E-state index contributed by atoms with van der Waals surface area (Å²) in [7, 11) is 0. The van der Waals surface area contributed by atoms with Crippen LogP contribution in [0.5, 0.6) is 0 Å². The van der Waals surface area contributed by atoms with Gasteiger partial charge in [-0.2, -0.15) is 0 Å². The summed E-state index contributed by atoms with van der Waals surface area (Å²) in [4.78, 5) is 8.83. The quantitative estimate of drug-likeness (QED) is 0.467. The van der Waals surface area contributed by atoms with E-state index in [1.54, 1.807) is 17.6 Å². The highest BCUT2D eigenvalue weighted by Gasteiger charge is 2.19. The van der Waals surface area contributed by atoms with E-state index in [2.05, 4.69) is 40.0 Å². The molecule has 0 spiro atoms. The molecule has 0 unspecified atom stereocenters. The fourth-order valence-corrected chi connectivity index (χ4v) is 4.22. The van der Waals surface area contributed by atoms with Crippen LogP contribution >= 0.6 is 11.3 Å². The van der Waals surface area contributed by atoms with Crippen molar-refractivity contribution < 1.29 is 4.42 Å². The zero-order chi connectivity index (χ0) is 19.4. The minimum absolute atomic E-state index is 0.509. The Morgan fingerprint density at radius 3 is 2.86 bits per heavy atom. The molecule has 3 heterocycles. The third kappa shape index (κ3) is 7.32. The predicted molar refractivity (Wildman–Crippen MR) is 118 cm³/mol. The van der Waals surface area contributed by atoms with Crippen molar-refractivity contribution in [2.45, 2.75) is 51.5 Å². The first-order valence-corrected chi connectivity index (χ1v) is 11.5. The number of unbranched alkanes of at least 4 members (excludes halogenated alkanes) is 1. The van der Waals surface area contributed by atoms with Crippen LogP contribution in [0.4, 0.5) is 0 Å². The number of thiophene rings is 1. The van der Waals surface area contributed by atoms with E-state index in [4.69, 9.17) is 9.41 Å². The second-order valence-electron chi connectivity index (χ2n) is 7.43. The molecule has 0 radical (unpaired) electrons. The van der Waals surface area contributed by atoms with Crippen molar-refractivity contribution in [1.82, 2.24) is 15.5 Å². The van der Waals surface area contributed by atoms with Crippen LogP contribution in [-0.4, -0.2) is 49.6 Å². The Balaban J connectivity index is 1.46. The maximum atomic E-state index is 5.43. The lowest BCUT2D eigenvalue weighted by Gasteiger charge is -2.33. The summed E-state index contributed by atoms with van der Waals surface area (Å²) in [6.45, 7) is 7.52. The van der Waals surface area contributed by atoms with Crippen LogP contribution in [0.1, 0.15) is 43.2 Å². The second kappa shape index (κ2) is 11.9. The average Bonchev–Trinajstić information content (AvgIpc) is 3.41. The molecular formula is C22H34N4OS. The number of furan rings is 1. The first-order valence-electron chi connectivity index (χ1n) is 10.7. The highest BCUT2D eigenvalue weighted by atomic mass is 32.1. The van der Waals surface area contributed by atoms with Gasteiger partial charge in [0.15, 0.2) is 5.96 Å². The molecule has 2 aromatic heterocycles. The number of piperidine rings is 1. The van der Waals surface area contributed by atoms with Gasteiger partial charge in [-0.1, -0.05) is 19.4 Å². The molecule has 0 amide bonds. The molecule has 3 rings (SSSR count). The van der Waals surface area contributed by atoms with E-state index in [0.717, 1.165) is 37.7 Å². The van der Waals surface area contributed by atoms with Gasteiger partial charge >= 0.3 is 0 Å². The Labute approximate surface area is 173 Å². The van der Waals surface area contributed by atoms with Gasteiger partial charge in [-0.15, -0.1) is 11.3 Å². The Hall–Kier alpha value is -1.79. The van der Waals surface area contributed by atoms with Crippen molar-refractivity contribution in [3.8, 4) is 0 Å². The smallest absolute Gasteiger partial charge is 0.191 e. The van der Waals surface area contributed by atoms with Crippen molar-refractivity contribution in [3.05, 3.63) is 46.5 Å². The van der Waals surface area contributed by atoms with Gasteiger partial charge in [0.1, 0.15) is 5.76 Å². The lowest BCUT2D eigenvalue weighted by molar-refractivity contribution is 0.203. The molecule has 0 aliphatic carbocycles. The molecule has 1 saturated heterocycles. The Morgan fingerprint density at radius 1 is 1.25 bits per heavy atom. The van der Waals surface area contributed by atoms with Crippen molar-refractivity contribution >= 4 is 17.3 Å². The second-order valence-corrected chi connectivity index (χ2v) is 8.46. The molecule has 1 aliphatic rings. The summed E-state index contributed by atoms with van der Waals surface area (Å²) in [5.74, 6) is 1.95. The van der Waals surface area contributed by atoms with Gasteiger partial charge in [0.2, 0.25) is 0 Å². The SMILES string of the molecule is CCCCN1CCC(NC(=NCCc2cccs2)NCCc2ccco2)CC1. The van der Waals surface area contributed by atoms with E-state index in [9.17, 15) is 0 Å². The lowest BCUT2D eigenvalue weighted by Crippen LogP contribution is -2.49. The average molecular weight is 403 g/mol. The fraction of sp³-hybridized carbons (Fsp3) is 0.591. The van der Waals surface area contributed by atoms with E-state index in [1.165, 1.54) is 50.2 Å². The number of aliphatic imine (C=N–C) groups is 1. The molecule has 2 aromatic rings. The van der Waals surface area contributed by atoms with Crippen LogP contribution < -0.4 is 10.6 Å². The summed E-state index contributed by atoms with van der Waals surface area (Å²) >= 11 is 1.81. The van der Waals surface area contributed by atoms with Gasteiger partial charge in [0.05, 0.1) is 6.26 Å². The maximum Gasteiger partial charge on any atom is 0.191 e. The molecule has 0 atom stereocenters. The Kier molecular flexibility index (Phi) is 8.91. The topological polar surface area (TPSA) is 52.8 Å². The highest BCUT2D eigenvalue weighted by molar-refractivity contribution is 7.09. The number of hydrogen-bond donors (Lipinski definition) is 2. The Bertz CT molecular complexity index is 661. The van der Waals surface area contributed by atoms with E-state index >= 15 is 0 Å². The molecule has 28 heavy (non-hydrogen) atoms.